The van der Waals surface area contributed by atoms with Crippen molar-refractivity contribution in [3.05, 3.63) is 33.3 Å². The molecule has 9 heteroatoms. The Balaban J connectivity index is 2.33. The van der Waals surface area contributed by atoms with Crippen molar-refractivity contribution in [3.8, 4) is 0 Å². The van der Waals surface area contributed by atoms with Gasteiger partial charge in [-0.15, -0.1) is 0 Å². The number of nitro groups is 1. The lowest BCUT2D eigenvalue weighted by Crippen LogP contribution is -2.46. The minimum Gasteiger partial charge on any atom is -0.316 e. The Labute approximate surface area is 128 Å². The van der Waals surface area contributed by atoms with Crippen molar-refractivity contribution >= 4 is 27.3 Å². The molecular formula is C12H16ClN3O4S. The molecule has 0 spiro atoms. The molecule has 116 valence electrons. The number of halogens is 1. The molecule has 1 N–H and O–H groups in total. The second-order valence-corrected chi connectivity index (χ2v) is 7.18. The van der Waals surface area contributed by atoms with Gasteiger partial charge in [0.25, 0.3) is 5.69 Å². The summed E-state index contributed by atoms with van der Waals surface area (Å²) in [5, 5.41) is 13.6. The lowest BCUT2D eigenvalue weighted by atomic mass is 10.1. The summed E-state index contributed by atoms with van der Waals surface area (Å²) in [7, 11) is -1.95. The van der Waals surface area contributed by atoms with Crippen molar-refractivity contribution in [3.63, 3.8) is 0 Å². The molecule has 1 aliphatic heterocycles. The van der Waals surface area contributed by atoms with Crippen LogP contribution in [0.3, 0.4) is 0 Å². The molecule has 1 aromatic carbocycles. The molecule has 1 atom stereocenters. The van der Waals surface area contributed by atoms with Crippen LogP contribution in [0.4, 0.5) is 5.69 Å². The molecule has 7 nitrogen and oxygen atoms in total. The summed E-state index contributed by atoms with van der Waals surface area (Å²) in [6.45, 7) is 0.792. The van der Waals surface area contributed by atoms with Gasteiger partial charge < -0.3 is 5.32 Å². The first-order valence-corrected chi connectivity index (χ1v) is 8.29. The number of hydrogen-bond donors (Lipinski definition) is 1. The van der Waals surface area contributed by atoms with Crippen LogP contribution in [0.25, 0.3) is 0 Å². The summed E-state index contributed by atoms with van der Waals surface area (Å²) >= 11 is 5.92. The van der Waals surface area contributed by atoms with Crippen molar-refractivity contribution in [1.82, 2.24) is 9.62 Å². The summed E-state index contributed by atoms with van der Waals surface area (Å²) < 4.78 is 26.6. The van der Waals surface area contributed by atoms with E-state index in [4.69, 9.17) is 11.6 Å². The minimum atomic E-state index is -3.74. The third-order valence-corrected chi connectivity index (χ3v) is 5.88. The number of benzene rings is 1. The highest BCUT2D eigenvalue weighted by atomic mass is 35.5. The molecule has 2 rings (SSSR count). The highest BCUT2D eigenvalue weighted by Crippen LogP contribution is 2.29. The Morgan fingerprint density at radius 1 is 1.48 bits per heavy atom. The molecule has 0 bridgehead atoms. The molecule has 1 aliphatic rings. The van der Waals surface area contributed by atoms with Gasteiger partial charge in [-0.2, -0.15) is 4.31 Å². The first kappa shape index (κ1) is 16.2. The number of sulfonamides is 1. The third kappa shape index (κ3) is 3.34. The summed E-state index contributed by atoms with van der Waals surface area (Å²) in [6.07, 6.45) is 1.67. The van der Waals surface area contributed by atoms with Gasteiger partial charge in [0, 0.05) is 31.3 Å². The van der Waals surface area contributed by atoms with Crippen LogP contribution in [0.1, 0.15) is 12.8 Å². The van der Waals surface area contributed by atoms with Gasteiger partial charge in [0.2, 0.25) is 10.0 Å². The maximum Gasteiger partial charge on any atom is 0.271 e. The maximum absolute atomic E-state index is 12.6. The summed E-state index contributed by atoms with van der Waals surface area (Å²) in [5.41, 5.74) is -0.231. The van der Waals surface area contributed by atoms with Crippen molar-refractivity contribution in [1.29, 1.82) is 0 Å². The zero-order chi connectivity index (χ0) is 15.6. The summed E-state index contributed by atoms with van der Waals surface area (Å²) in [5.74, 6) is 0. The van der Waals surface area contributed by atoms with Gasteiger partial charge in [0.1, 0.15) is 4.90 Å². The molecule has 0 radical (unpaired) electrons. The fourth-order valence-electron chi connectivity index (χ4n) is 2.35. The molecule has 1 fully saturated rings. The molecule has 0 amide bonds. The number of nitro benzene ring substituents is 1. The molecule has 21 heavy (non-hydrogen) atoms. The van der Waals surface area contributed by atoms with E-state index in [1.165, 1.54) is 10.4 Å². The van der Waals surface area contributed by atoms with E-state index in [1.807, 2.05) is 0 Å². The number of likely N-dealkylation sites (N-methyl/N-ethyl adjacent to an activating group) is 1. The van der Waals surface area contributed by atoms with Crippen LogP contribution in [-0.2, 0) is 10.0 Å². The number of hydrogen-bond acceptors (Lipinski definition) is 5. The number of rotatable bonds is 4. The van der Waals surface area contributed by atoms with Crippen LogP contribution in [0, 0.1) is 10.1 Å². The van der Waals surface area contributed by atoms with Crippen LogP contribution in [0.2, 0.25) is 5.02 Å². The van der Waals surface area contributed by atoms with Gasteiger partial charge >= 0.3 is 0 Å². The second-order valence-electron chi connectivity index (χ2n) is 4.86. The van der Waals surface area contributed by atoms with E-state index in [2.05, 4.69) is 5.32 Å². The first-order chi connectivity index (χ1) is 9.86. The lowest BCUT2D eigenvalue weighted by molar-refractivity contribution is -0.384. The van der Waals surface area contributed by atoms with Crippen LogP contribution in [0.15, 0.2) is 23.1 Å². The van der Waals surface area contributed by atoms with E-state index in [0.29, 0.717) is 13.1 Å². The smallest absolute Gasteiger partial charge is 0.271 e. The van der Waals surface area contributed by atoms with Gasteiger partial charge in [0.05, 0.1) is 9.95 Å². The monoisotopic (exact) mass is 333 g/mol. The summed E-state index contributed by atoms with van der Waals surface area (Å²) in [4.78, 5) is 9.97. The van der Waals surface area contributed by atoms with E-state index in [-0.39, 0.29) is 21.6 Å². The zero-order valence-electron chi connectivity index (χ0n) is 11.5. The molecule has 1 unspecified atom stereocenters. The average Bonchev–Trinajstić information content (AvgIpc) is 2.46. The van der Waals surface area contributed by atoms with Gasteiger partial charge in [-0.25, -0.2) is 8.42 Å². The lowest BCUT2D eigenvalue weighted by Gasteiger charge is -2.31. The molecular weight excluding hydrogens is 318 g/mol. The predicted octanol–water partition coefficient (Wildman–Crippen LogP) is 1.62. The molecule has 1 heterocycles. The average molecular weight is 334 g/mol. The SMILES string of the molecule is CNC1CCCN(S(=O)(=O)c2ccc([N+](=O)[O-])cc2Cl)C1. The Bertz CT molecular complexity index is 650. The van der Waals surface area contributed by atoms with E-state index in [9.17, 15) is 18.5 Å². The topological polar surface area (TPSA) is 92.6 Å². The molecule has 1 aromatic rings. The predicted molar refractivity (Wildman–Crippen MR) is 78.9 cm³/mol. The molecule has 0 aromatic heterocycles. The van der Waals surface area contributed by atoms with E-state index in [1.54, 1.807) is 7.05 Å². The van der Waals surface area contributed by atoms with Crippen molar-refractivity contribution < 1.29 is 13.3 Å². The number of piperidine rings is 1. The van der Waals surface area contributed by atoms with Crippen LogP contribution < -0.4 is 5.32 Å². The van der Waals surface area contributed by atoms with E-state index >= 15 is 0 Å². The second kappa shape index (κ2) is 6.27. The fraction of sp³-hybridized carbons (Fsp3) is 0.500. The van der Waals surface area contributed by atoms with Gasteiger partial charge in [-0.3, -0.25) is 10.1 Å². The Morgan fingerprint density at radius 3 is 2.76 bits per heavy atom. The molecule has 0 saturated carbocycles. The van der Waals surface area contributed by atoms with Crippen LogP contribution >= 0.6 is 11.6 Å². The maximum atomic E-state index is 12.6. The largest absolute Gasteiger partial charge is 0.316 e. The summed E-state index contributed by atoms with van der Waals surface area (Å²) in [6, 6.07) is 3.51. The van der Waals surface area contributed by atoms with E-state index < -0.39 is 14.9 Å². The number of non-ortho nitro benzene ring substituents is 1. The number of nitrogens with one attached hydrogen (secondary N) is 1. The standard InChI is InChI=1S/C12H16ClN3O4S/c1-14-9-3-2-6-15(8-9)21(19,20)12-5-4-10(16(17)18)7-11(12)13/h4-5,7,9,14H,2-3,6,8H2,1H3. The molecule has 0 aliphatic carbocycles. The van der Waals surface area contributed by atoms with Gasteiger partial charge in [-0.05, 0) is 26.0 Å². The van der Waals surface area contributed by atoms with Gasteiger partial charge in [0.15, 0.2) is 0 Å². The number of nitrogens with zero attached hydrogens (tertiary/aromatic N) is 2. The van der Waals surface area contributed by atoms with Gasteiger partial charge in [-0.1, -0.05) is 11.6 Å². The third-order valence-electron chi connectivity index (χ3n) is 3.54. The fourth-order valence-corrected chi connectivity index (χ4v) is 4.38. The van der Waals surface area contributed by atoms with E-state index in [0.717, 1.165) is 25.0 Å². The normalized spacial score (nSPS) is 20.4. The van der Waals surface area contributed by atoms with Crippen molar-refractivity contribution in [2.24, 2.45) is 0 Å². The van der Waals surface area contributed by atoms with Crippen molar-refractivity contribution in [2.45, 2.75) is 23.8 Å². The minimum absolute atomic E-state index is 0.0912. The zero-order valence-corrected chi connectivity index (χ0v) is 13.0. The first-order valence-electron chi connectivity index (χ1n) is 6.47. The Kier molecular flexibility index (Phi) is 4.82. The highest BCUT2D eigenvalue weighted by molar-refractivity contribution is 7.89. The van der Waals surface area contributed by atoms with Crippen LogP contribution in [-0.4, -0.2) is 43.8 Å². The Morgan fingerprint density at radius 2 is 2.19 bits per heavy atom. The Hall–Kier alpha value is -1.22. The highest BCUT2D eigenvalue weighted by Gasteiger charge is 2.31. The quantitative estimate of drug-likeness (QED) is 0.667. The van der Waals surface area contributed by atoms with Crippen LogP contribution in [0.5, 0.6) is 0 Å². The van der Waals surface area contributed by atoms with Crippen molar-refractivity contribution in [2.75, 3.05) is 20.1 Å². The molecule has 1 saturated heterocycles.